The predicted molar refractivity (Wildman–Crippen MR) is 123 cm³/mol. The van der Waals surface area contributed by atoms with Crippen LogP contribution in [0.5, 0.6) is 0 Å². The van der Waals surface area contributed by atoms with Crippen LogP contribution in [-0.2, 0) is 11.3 Å². The number of aryl methyl sites for hydroxylation is 1. The van der Waals surface area contributed by atoms with Gasteiger partial charge in [0, 0.05) is 43.9 Å². The average Bonchev–Trinajstić information content (AvgIpc) is 3.02. The van der Waals surface area contributed by atoms with Crippen molar-refractivity contribution in [3.8, 4) is 5.69 Å². The molecular weight excluding hydrogens is 374 g/mol. The van der Waals surface area contributed by atoms with Gasteiger partial charge in [-0.3, -0.25) is 4.99 Å². The summed E-state index contributed by atoms with van der Waals surface area (Å²) >= 11 is 0. The molecule has 0 saturated carbocycles. The molecule has 1 saturated heterocycles. The molecule has 2 heterocycles. The molecule has 2 atom stereocenters. The van der Waals surface area contributed by atoms with Gasteiger partial charge in [0.2, 0.25) is 0 Å². The summed E-state index contributed by atoms with van der Waals surface area (Å²) in [5.41, 5.74) is 4.61. The second kappa shape index (κ2) is 9.65. The van der Waals surface area contributed by atoms with Crippen LogP contribution in [0.2, 0.25) is 0 Å². The molecule has 0 aliphatic carbocycles. The van der Waals surface area contributed by atoms with E-state index < -0.39 is 0 Å². The van der Waals surface area contributed by atoms with Crippen LogP contribution in [0, 0.1) is 25.2 Å². The van der Waals surface area contributed by atoms with Crippen molar-refractivity contribution in [2.24, 2.45) is 16.3 Å². The van der Waals surface area contributed by atoms with Gasteiger partial charge >= 0.3 is 0 Å². The lowest BCUT2D eigenvalue weighted by Crippen LogP contribution is -2.47. The van der Waals surface area contributed by atoms with Crippen LogP contribution in [0.1, 0.15) is 50.6 Å². The monoisotopic (exact) mass is 411 g/mol. The Morgan fingerprint density at radius 2 is 1.93 bits per heavy atom. The lowest BCUT2D eigenvalue weighted by atomic mass is 9.78. The molecule has 0 radical (unpaired) electrons. The Labute approximate surface area is 181 Å². The van der Waals surface area contributed by atoms with Crippen molar-refractivity contribution < 1.29 is 4.74 Å². The molecular formula is C24H37N5O. The topological polar surface area (TPSA) is 63.5 Å². The lowest BCUT2D eigenvalue weighted by Gasteiger charge is -2.40. The van der Waals surface area contributed by atoms with Crippen LogP contribution in [-0.4, -0.2) is 42.0 Å². The SMILES string of the molecule is CN=C(NCc1c(C)nn(-c2ccccc2)c1C)NCC1CCCOC1C(C)(C)C. The number of hydrogen-bond donors (Lipinski definition) is 2. The highest BCUT2D eigenvalue weighted by Crippen LogP contribution is 2.33. The van der Waals surface area contributed by atoms with Crippen LogP contribution >= 0.6 is 0 Å². The summed E-state index contributed by atoms with van der Waals surface area (Å²) in [6.07, 6.45) is 2.58. The minimum Gasteiger partial charge on any atom is -0.377 e. The molecule has 2 unspecified atom stereocenters. The van der Waals surface area contributed by atoms with E-state index in [0.29, 0.717) is 12.5 Å². The van der Waals surface area contributed by atoms with Crippen molar-refractivity contribution in [1.82, 2.24) is 20.4 Å². The number of hydrogen-bond acceptors (Lipinski definition) is 3. The Kier molecular flexibility index (Phi) is 7.19. The Morgan fingerprint density at radius 3 is 2.60 bits per heavy atom. The van der Waals surface area contributed by atoms with Crippen molar-refractivity contribution in [3.05, 3.63) is 47.3 Å². The smallest absolute Gasteiger partial charge is 0.191 e. The van der Waals surface area contributed by atoms with Gasteiger partial charge in [0.1, 0.15) is 0 Å². The van der Waals surface area contributed by atoms with E-state index in [4.69, 9.17) is 9.84 Å². The Balaban J connectivity index is 1.62. The number of para-hydroxylation sites is 1. The van der Waals surface area contributed by atoms with E-state index in [1.165, 1.54) is 12.0 Å². The molecule has 1 aromatic heterocycles. The van der Waals surface area contributed by atoms with E-state index in [1.54, 1.807) is 0 Å². The highest BCUT2D eigenvalue weighted by molar-refractivity contribution is 5.79. The first-order valence-electron chi connectivity index (χ1n) is 11.0. The van der Waals surface area contributed by atoms with Gasteiger partial charge in [-0.05, 0) is 44.2 Å². The Hall–Kier alpha value is -2.34. The fourth-order valence-corrected chi connectivity index (χ4v) is 4.38. The summed E-state index contributed by atoms with van der Waals surface area (Å²) in [7, 11) is 1.82. The fraction of sp³-hybridized carbons (Fsp3) is 0.583. The standard InChI is InChI=1S/C24H37N5O/c1-17-21(18(2)29(28-17)20-12-8-7-9-13-20)16-27-23(25-6)26-15-19-11-10-14-30-22(19)24(3,4)5/h7-9,12-13,19,22H,10-11,14-16H2,1-6H3,(H2,25,26,27). The van der Waals surface area contributed by atoms with E-state index in [1.807, 2.05) is 29.9 Å². The Morgan fingerprint density at radius 1 is 1.20 bits per heavy atom. The summed E-state index contributed by atoms with van der Waals surface area (Å²) < 4.78 is 8.12. The first-order chi connectivity index (χ1) is 14.3. The van der Waals surface area contributed by atoms with Gasteiger partial charge in [-0.2, -0.15) is 5.10 Å². The molecule has 2 N–H and O–H groups in total. The quantitative estimate of drug-likeness (QED) is 0.577. The van der Waals surface area contributed by atoms with Gasteiger partial charge in [-0.15, -0.1) is 0 Å². The van der Waals surface area contributed by atoms with E-state index >= 15 is 0 Å². The number of guanidine groups is 1. The van der Waals surface area contributed by atoms with E-state index in [9.17, 15) is 0 Å². The minimum atomic E-state index is 0.143. The second-order valence-corrected chi connectivity index (χ2v) is 9.26. The summed E-state index contributed by atoms with van der Waals surface area (Å²) in [5, 5.41) is 11.7. The van der Waals surface area contributed by atoms with Crippen molar-refractivity contribution in [1.29, 1.82) is 0 Å². The van der Waals surface area contributed by atoms with Gasteiger partial charge < -0.3 is 15.4 Å². The number of aromatic nitrogens is 2. The van der Waals surface area contributed by atoms with Crippen LogP contribution in [0.25, 0.3) is 5.69 Å². The average molecular weight is 412 g/mol. The molecule has 0 bridgehead atoms. The molecule has 164 valence electrons. The zero-order valence-corrected chi connectivity index (χ0v) is 19.3. The van der Waals surface area contributed by atoms with Crippen molar-refractivity contribution in [2.45, 2.75) is 60.1 Å². The molecule has 1 aliphatic heterocycles. The number of nitrogens with zero attached hydrogens (tertiary/aromatic N) is 3. The van der Waals surface area contributed by atoms with Gasteiger partial charge in [0.05, 0.1) is 17.5 Å². The Bertz CT molecular complexity index is 850. The van der Waals surface area contributed by atoms with Crippen molar-refractivity contribution in [3.63, 3.8) is 0 Å². The first-order valence-corrected chi connectivity index (χ1v) is 11.0. The summed E-state index contributed by atoms with van der Waals surface area (Å²) in [5.74, 6) is 1.31. The largest absolute Gasteiger partial charge is 0.377 e. The van der Waals surface area contributed by atoms with Gasteiger partial charge in [-0.25, -0.2) is 4.68 Å². The number of aliphatic imine (C=N–C) groups is 1. The molecule has 30 heavy (non-hydrogen) atoms. The third-order valence-electron chi connectivity index (χ3n) is 5.93. The van der Waals surface area contributed by atoms with E-state index in [0.717, 1.165) is 42.6 Å². The lowest BCUT2D eigenvalue weighted by molar-refractivity contribution is -0.0835. The molecule has 3 rings (SSSR count). The number of benzene rings is 1. The minimum absolute atomic E-state index is 0.143. The van der Waals surface area contributed by atoms with Gasteiger partial charge in [0.25, 0.3) is 0 Å². The van der Waals surface area contributed by atoms with Gasteiger partial charge in [0.15, 0.2) is 5.96 Å². The molecule has 1 aromatic carbocycles. The van der Waals surface area contributed by atoms with Crippen LogP contribution in [0.15, 0.2) is 35.3 Å². The molecule has 0 amide bonds. The summed E-state index contributed by atoms with van der Waals surface area (Å²) in [6, 6.07) is 10.3. The zero-order valence-electron chi connectivity index (χ0n) is 19.3. The maximum absolute atomic E-state index is 6.12. The van der Waals surface area contributed by atoms with E-state index in [2.05, 4.69) is 62.4 Å². The molecule has 0 spiro atoms. The number of ether oxygens (including phenoxy) is 1. The molecule has 1 fully saturated rings. The number of nitrogens with one attached hydrogen (secondary N) is 2. The normalized spacial score (nSPS) is 20.3. The summed E-state index contributed by atoms with van der Waals surface area (Å²) in [4.78, 5) is 4.43. The molecule has 2 aromatic rings. The fourth-order valence-electron chi connectivity index (χ4n) is 4.38. The van der Waals surface area contributed by atoms with Crippen LogP contribution in [0.3, 0.4) is 0 Å². The number of rotatable bonds is 5. The maximum atomic E-state index is 6.12. The summed E-state index contributed by atoms with van der Waals surface area (Å²) in [6.45, 7) is 13.4. The van der Waals surface area contributed by atoms with Gasteiger partial charge in [-0.1, -0.05) is 39.0 Å². The van der Waals surface area contributed by atoms with Crippen LogP contribution < -0.4 is 10.6 Å². The second-order valence-electron chi connectivity index (χ2n) is 9.26. The zero-order chi connectivity index (χ0) is 21.7. The molecule has 6 nitrogen and oxygen atoms in total. The predicted octanol–water partition coefficient (Wildman–Crippen LogP) is 4.00. The van der Waals surface area contributed by atoms with Crippen molar-refractivity contribution in [2.75, 3.05) is 20.2 Å². The highest BCUT2D eigenvalue weighted by Gasteiger charge is 2.35. The van der Waals surface area contributed by atoms with Crippen LogP contribution in [0.4, 0.5) is 0 Å². The first kappa shape index (κ1) is 22.3. The molecule has 1 aliphatic rings. The van der Waals surface area contributed by atoms with E-state index in [-0.39, 0.29) is 11.5 Å². The maximum Gasteiger partial charge on any atom is 0.191 e. The highest BCUT2D eigenvalue weighted by atomic mass is 16.5. The molecule has 6 heteroatoms. The van der Waals surface area contributed by atoms with Crippen molar-refractivity contribution >= 4 is 5.96 Å². The third-order valence-corrected chi connectivity index (χ3v) is 5.93. The third kappa shape index (κ3) is 5.22.